The normalized spacial score (nSPS) is 11.0. The zero-order valence-electron chi connectivity index (χ0n) is 34.7. The molecule has 15 nitrogen and oxygen atoms in total. The van der Waals surface area contributed by atoms with Crippen molar-refractivity contribution in [2.75, 3.05) is 15.4 Å². The molecular weight excluding hydrogens is 1140 g/mol. The Kier molecular flexibility index (Phi) is 13.5. The van der Waals surface area contributed by atoms with Gasteiger partial charge in [0.25, 0.3) is 0 Å². The first-order chi connectivity index (χ1) is 32.3. The fourth-order valence-corrected chi connectivity index (χ4v) is 8.82. The molecule has 0 atom stereocenters. The van der Waals surface area contributed by atoms with Crippen LogP contribution in [0.3, 0.4) is 0 Å². The Balaban J connectivity index is 0.000000125. The van der Waals surface area contributed by atoms with Crippen LogP contribution in [0.1, 0.15) is 0 Å². The van der Waals surface area contributed by atoms with Gasteiger partial charge in [-0.2, -0.15) is 0 Å². The molecule has 67 heavy (non-hydrogen) atoms. The minimum atomic E-state index is 0. The van der Waals surface area contributed by atoms with E-state index in [9.17, 15) is 0 Å². The summed E-state index contributed by atoms with van der Waals surface area (Å²) >= 11 is 26.6. The van der Waals surface area contributed by atoms with E-state index in [1.807, 2.05) is 208 Å². The zero-order chi connectivity index (χ0) is 45.3. The first kappa shape index (κ1) is 45.7. The molecule has 6 aromatic heterocycles. The second-order valence-corrected chi connectivity index (χ2v) is 18.1. The molecule has 0 aliphatic heterocycles. The van der Waals surface area contributed by atoms with Crippen LogP contribution in [-0.4, -0.2) is 56.9 Å². The van der Waals surface area contributed by atoms with E-state index < -0.39 is 0 Å². The number of fused-ring (bicyclic) bond motifs is 6. The monoisotopic (exact) mass is 1170 g/mol. The quantitative estimate of drug-likeness (QED) is 0.126. The van der Waals surface area contributed by atoms with Gasteiger partial charge in [-0.25, -0.2) is 15.0 Å². The number of H-pyrrole nitrogens is 3. The summed E-state index contributed by atoms with van der Waals surface area (Å²) in [6, 6.07) is 47.9. The van der Waals surface area contributed by atoms with Crippen molar-refractivity contribution in [3.63, 3.8) is 0 Å². The summed E-state index contributed by atoms with van der Waals surface area (Å²) in [5, 5.41) is 5.50. The number of aromatic amines is 3. The summed E-state index contributed by atoms with van der Waals surface area (Å²) in [7, 11) is 0. The van der Waals surface area contributed by atoms with Gasteiger partial charge in [-0.15, -0.1) is 28.1 Å². The maximum atomic E-state index is 5.40. The van der Waals surface area contributed by atoms with Crippen LogP contribution < -0.4 is 29.4 Å². The van der Waals surface area contributed by atoms with Crippen LogP contribution in [0.2, 0.25) is 0 Å². The molecule has 12 aromatic rings. The summed E-state index contributed by atoms with van der Waals surface area (Å²) in [6.45, 7) is 0. The van der Waals surface area contributed by atoms with Crippen molar-refractivity contribution in [1.82, 2.24) is 43.9 Å². The van der Waals surface area contributed by atoms with Gasteiger partial charge in [0.05, 0.1) is 0 Å². The molecule has 12 rings (SSSR count). The average molecular weight is 1170 g/mol. The molecule has 3 N–H and O–H groups in total. The topological polar surface area (TPSA) is 122 Å². The van der Waals surface area contributed by atoms with Crippen LogP contribution in [0.4, 0.5) is 0 Å². The van der Waals surface area contributed by atoms with Gasteiger partial charge < -0.3 is 0 Å². The fraction of sp³-hybridized carbons (Fsp3) is 0. The summed E-state index contributed by atoms with van der Waals surface area (Å²) < 4.78 is 13.1. The van der Waals surface area contributed by atoms with Gasteiger partial charge in [-0.1, -0.05) is 72.8 Å². The molecule has 0 unspecified atom stereocenters. The Bertz CT molecular complexity index is 3130. The average Bonchev–Trinajstić information content (AvgIpc) is 4.22. The summed E-state index contributed by atoms with van der Waals surface area (Å²) in [4.78, 5) is 23.0. The van der Waals surface area contributed by atoms with Crippen molar-refractivity contribution < 1.29 is 34.1 Å². The van der Waals surface area contributed by atoms with E-state index in [1.165, 1.54) is 0 Å². The Morgan fingerprint density at radius 1 is 0.403 bits per heavy atom. The van der Waals surface area contributed by atoms with Gasteiger partial charge in [0, 0.05) is 74.5 Å². The number of hydrogen-bond donors (Lipinski definition) is 3. The first-order valence-electron chi connectivity index (χ1n) is 20.1. The van der Waals surface area contributed by atoms with Crippen molar-refractivity contribution in [3.05, 3.63) is 184 Å². The molecule has 6 aromatic carbocycles. The van der Waals surface area contributed by atoms with Gasteiger partial charge in [-0.3, -0.25) is 15.0 Å². The minimum absolute atomic E-state index is 0. The van der Waals surface area contributed by atoms with Crippen molar-refractivity contribution in [1.29, 1.82) is 0 Å². The third-order valence-electron chi connectivity index (χ3n) is 10.6. The molecule has 0 aliphatic carbocycles. The molecule has 330 valence electrons. The molecule has 0 aliphatic rings. The predicted molar refractivity (Wildman–Crippen MR) is 284 cm³/mol. The van der Waals surface area contributed by atoms with E-state index in [2.05, 4.69) is 67.8 Å². The smallest absolute Gasteiger partial charge is 0.275 e. The number of nitrogens with zero attached hydrogens (tertiary/aromatic N) is 12. The minimum Gasteiger partial charge on any atom is -0.275 e. The molecule has 0 saturated heterocycles. The second kappa shape index (κ2) is 19.8. The molecule has 0 fully saturated rings. The molecule has 0 amide bonds. The van der Waals surface area contributed by atoms with Crippen molar-refractivity contribution in [3.8, 4) is 0 Å². The molecular formula is C45H39IrN15S6+9. The van der Waals surface area contributed by atoms with Gasteiger partial charge in [0.2, 0.25) is 19.0 Å². The van der Waals surface area contributed by atoms with Gasteiger partial charge >= 0.3 is 33.1 Å². The molecule has 6 heterocycles. The Morgan fingerprint density at radius 2 is 0.657 bits per heavy atom. The van der Waals surface area contributed by atoms with E-state index >= 15 is 0 Å². The number of aromatic nitrogens is 12. The third-order valence-corrected chi connectivity index (χ3v) is 11.6. The van der Waals surface area contributed by atoms with E-state index in [-0.39, 0.29) is 20.1 Å². The Labute approximate surface area is 427 Å². The Morgan fingerprint density at radius 3 is 0.940 bits per heavy atom. The van der Waals surface area contributed by atoms with Crippen LogP contribution in [0.5, 0.6) is 0 Å². The van der Waals surface area contributed by atoms with Gasteiger partial charge in [-0.05, 0) is 88.2 Å². The largest absolute Gasteiger partial charge is 3.00 e. The van der Waals surface area contributed by atoms with E-state index in [4.69, 9.17) is 36.7 Å². The molecule has 0 spiro atoms. The van der Waals surface area contributed by atoms with Crippen molar-refractivity contribution in [2.45, 2.75) is 0 Å². The molecule has 0 saturated carbocycles. The fourth-order valence-electron chi connectivity index (χ4n) is 7.65. The van der Waals surface area contributed by atoms with Gasteiger partial charge in [0.1, 0.15) is 33.1 Å². The van der Waals surface area contributed by atoms with E-state index in [0.717, 1.165) is 66.2 Å². The number of para-hydroxylation sites is 12. The number of thiocarbonyl (C=S) groups is 3. The summed E-state index contributed by atoms with van der Waals surface area (Å²) in [6.07, 6.45) is 10.9. The van der Waals surface area contributed by atoms with Crippen LogP contribution >= 0.6 is 36.7 Å². The molecule has 22 heteroatoms. The summed E-state index contributed by atoms with van der Waals surface area (Å²) in [5.41, 5.74) is 11.8. The zero-order valence-corrected chi connectivity index (χ0v) is 42.6. The van der Waals surface area contributed by atoms with Gasteiger partial charge in [0.15, 0.2) is 52.1 Å². The first-order valence-corrected chi connectivity index (χ1v) is 22.9. The van der Waals surface area contributed by atoms with Crippen molar-refractivity contribution in [2.24, 2.45) is 0 Å². The van der Waals surface area contributed by atoms with Crippen LogP contribution in [-0.2, 0) is 58.0 Å². The maximum absolute atomic E-state index is 5.40. The number of benzene rings is 6. The third kappa shape index (κ3) is 8.80. The Hall–Kier alpha value is -6.49. The SMILES string of the molecule is S=C([SH2+])N(n1cnc2ccccc21)[n+]1c[nH]c2ccccc21.S=C([SH2+])N(n1cnc2ccccc21)[n+]1c[nH]c2ccccc21.S=C([SH2+])N(n1cnc2ccccc21)[n+]1c[nH]c2ccccc21.[Ir+3]. The second-order valence-electron chi connectivity index (χ2n) is 14.4. The van der Waals surface area contributed by atoms with Crippen LogP contribution in [0.25, 0.3) is 66.2 Å². The number of nitrogens with one attached hydrogen (secondary N) is 3. The standard InChI is InChI=1S/3C15H11N5S2.Ir/c3*21-15(22)20(18-9-16-11-5-1-3-7-13(11)18)19-10-17-12-6-2-4-8-14(12)19;/h3*1-10H,(H,21,22);/q;;;+3/p+6. The van der Waals surface area contributed by atoms with Crippen molar-refractivity contribution >= 4 is 154 Å². The molecule has 0 radical (unpaired) electrons. The van der Waals surface area contributed by atoms with Crippen LogP contribution in [0, 0.1) is 0 Å². The predicted octanol–water partition coefficient (Wildman–Crippen LogP) is 4.51. The molecule has 0 bridgehead atoms. The van der Waals surface area contributed by atoms with E-state index in [1.54, 1.807) is 19.0 Å². The summed E-state index contributed by atoms with van der Waals surface area (Å²) in [5.74, 6) is 0. The van der Waals surface area contributed by atoms with Crippen LogP contribution in [0.15, 0.2) is 184 Å². The number of hydrogen-bond acceptors (Lipinski definition) is 6. The number of rotatable bonds is 6. The number of imidazole rings is 6. The van der Waals surface area contributed by atoms with E-state index in [0.29, 0.717) is 13.0 Å². The maximum Gasteiger partial charge on any atom is 3.00 e.